The van der Waals surface area contributed by atoms with E-state index in [1.165, 1.54) is 5.56 Å². The van der Waals surface area contributed by atoms with Crippen molar-refractivity contribution in [3.63, 3.8) is 0 Å². The largest absolute Gasteiger partial charge is 0.379 e. The first kappa shape index (κ1) is 17.0. The molecular formula is C20H29N3O2. The molecule has 4 rings (SSSR count). The second-order valence-electron chi connectivity index (χ2n) is 7.66. The zero-order chi connectivity index (χ0) is 17.2. The molecule has 3 aliphatic rings. The topological polar surface area (TPSA) is 36.0 Å². The molecular weight excluding hydrogens is 314 g/mol. The van der Waals surface area contributed by atoms with E-state index in [0.717, 1.165) is 59.0 Å². The van der Waals surface area contributed by atoms with Gasteiger partial charge in [0.2, 0.25) is 5.91 Å². The van der Waals surface area contributed by atoms with Crippen molar-refractivity contribution in [2.45, 2.75) is 13.0 Å². The van der Waals surface area contributed by atoms with Crippen molar-refractivity contribution in [2.75, 3.05) is 59.0 Å². The maximum atomic E-state index is 12.2. The summed E-state index contributed by atoms with van der Waals surface area (Å²) in [7, 11) is 0. The van der Waals surface area contributed by atoms with E-state index in [0.29, 0.717) is 11.8 Å². The van der Waals surface area contributed by atoms with Crippen LogP contribution in [-0.4, -0.2) is 79.6 Å². The molecule has 25 heavy (non-hydrogen) atoms. The number of likely N-dealkylation sites (tertiary alicyclic amines) is 2. The van der Waals surface area contributed by atoms with E-state index >= 15 is 0 Å². The molecule has 0 aliphatic carbocycles. The van der Waals surface area contributed by atoms with E-state index in [4.69, 9.17) is 4.74 Å². The highest BCUT2D eigenvalue weighted by molar-refractivity contribution is 5.74. The minimum atomic E-state index is 0.211. The Balaban J connectivity index is 1.41. The molecule has 136 valence electrons. The summed E-state index contributed by atoms with van der Waals surface area (Å²) in [6.07, 6.45) is 0. The summed E-state index contributed by atoms with van der Waals surface area (Å²) in [5.41, 5.74) is 1.29. The van der Waals surface area contributed by atoms with E-state index in [9.17, 15) is 4.79 Å². The van der Waals surface area contributed by atoms with Crippen molar-refractivity contribution in [3.8, 4) is 0 Å². The zero-order valence-electron chi connectivity index (χ0n) is 15.1. The lowest BCUT2D eigenvalue weighted by molar-refractivity contribution is -0.130. The van der Waals surface area contributed by atoms with E-state index < -0.39 is 0 Å². The molecule has 0 N–H and O–H groups in total. The van der Waals surface area contributed by atoms with E-state index in [-0.39, 0.29) is 11.9 Å². The summed E-state index contributed by atoms with van der Waals surface area (Å²) in [6.45, 7) is 11.0. The van der Waals surface area contributed by atoms with Crippen LogP contribution in [0.5, 0.6) is 0 Å². The molecule has 3 fully saturated rings. The van der Waals surface area contributed by atoms with Gasteiger partial charge in [-0.15, -0.1) is 0 Å². The summed E-state index contributed by atoms with van der Waals surface area (Å²) in [4.78, 5) is 19.4. The van der Waals surface area contributed by atoms with Crippen molar-refractivity contribution < 1.29 is 9.53 Å². The van der Waals surface area contributed by atoms with Crippen LogP contribution in [0.3, 0.4) is 0 Å². The lowest BCUT2D eigenvalue weighted by Gasteiger charge is -2.31. The first-order valence-electron chi connectivity index (χ1n) is 9.57. The highest BCUT2D eigenvalue weighted by Gasteiger charge is 2.48. The van der Waals surface area contributed by atoms with Crippen LogP contribution in [0.1, 0.15) is 18.5 Å². The summed E-state index contributed by atoms with van der Waals surface area (Å²) in [5.74, 6) is 1.39. The van der Waals surface area contributed by atoms with Gasteiger partial charge < -0.3 is 14.5 Å². The summed E-state index contributed by atoms with van der Waals surface area (Å²) in [6, 6.07) is 10.8. The molecule has 5 nitrogen and oxygen atoms in total. The molecule has 3 aliphatic heterocycles. The quantitative estimate of drug-likeness (QED) is 0.830. The van der Waals surface area contributed by atoms with E-state index in [2.05, 4.69) is 45.0 Å². The van der Waals surface area contributed by atoms with Crippen LogP contribution in [-0.2, 0) is 9.53 Å². The lowest BCUT2D eigenvalue weighted by atomic mass is 9.89. The molecule has 0 aromatic heterocycles. The minimum absolute atomic E-state index is 0.211. The standard InChI is InChI=1S/C20H29N3O2/c1-16(24)23-14-18-13-22(8-7-21-9-11-25-12-10-21)15-19(18)20(23)17-5-3-2-4-6-17/h2-6,18-20H,7-15H2,1H3/t18-,19-,20+/m1/s1. The number of hydrogen-bond donors (Lipinski definition) is 0. The molecule has 0 bridgehead atoms. The number of carbonyl (C=O) groups excluding carboxylic acids is 1. The van der Waals surface area contributed by atoms with Gasteiger partial charge in [-0.1, -0.05) is 30.3 Å². The number of carbonyl (C=O) groups is 1. The summed E-state index contributed by atoms with van der Waals surface area (Å²) in [5, 5.41) is 0. The molecule has 1 amide bonds. The van der Waals surface area contributed by atoms with Gasteiger partial charge >= 0.3 is 0 Å². The van der Waals surface area contributed by atoms with Gasteiger partial charge in [0.15, 0.2) is 0 Å². The third-order valence-corrected chi connectivity index (χ3v) is 6.12. The van der Waals surface area contributed by atoms with Crippen molar-refractivity contribution >= 4 is 5.91 Å². The first-order valence-corrected chi connectivity index (χ1v) is 9.57. The third kappa shape index (κ3) is 3.59. The van der Waals surface area contributed by atoms with Crippen molar-refractivity contribution in [2.24, 2.45) is 11.8 Å². The number of amides is 1. The fraction of sp³-hybridized carbons (Fsp3) is 0.650. The van der Waals surface area contributed by atoms with Crippen LogP contribution in [0.15, 0.2) is 30.3 Å². The summed E-state index contributed by atoms with van der Waals surface area (Å²) >= 11 is 0. The maximum absolute atomic E-state index is 12.2. The number of benzene rings is 1. The Kier molecular flexibility index (Phi) is 5.06. The highest BCUT2D eigenvalue weighted by atomic mass is 16.5. The van der Waals surface area contributed by atoms with Gasteiger partial charge in [0.25, 0.3) is 0 Å². The number of morpholine rings is 1. The average molecular weight is 343 g/mol. The fourth-order valence-corrected chi connectivity index (χ4v) is 4.83. The normalized spacial score (nSPS) is 30.6. The fourth-order valence-electron chi connectivity index (χ4n) is 4.83. The average Bonchev–Trinajstić information content (AvgIpc) is 3.19. The van der Waals surface area contributed by atoms with Gasteiger partial charge in [0.05, 0.1) is 19.3 Å². The van der Waals surface area contributed by atoms with E-state index in [1.54, 1.807) is 6.92 Å². The molecule has 3 atom stereocenters. The molecule has 3 heterocycles. The SMILES string of the molecule is CC(=O)N1C[C@H]2CN(CCN3CCOCC3)C[C@H]2[C@@H]1c1ccccc1. The van der Waals surface area contributed by atoms with Crippen LogP contribution >= 0.6 is 0 Å². The Hall–Kier alpha value is -1.43. The molecule has 5 heteroatoms. The number of fused-ring (bicyclic) bond motifs is 1. The predicted octanol–water partition coefficient (Wildman–Crippen LogP) is 1.47. The second kappa shape index (κ2) is 7.44. The van der Waals surface area contributed by atoms with Crippen LogP contribution in [0.2, 0.25) is 0 Å². The van der Waals surface area contributed by atoms with Gasteiger partial charge in [-0.05, 0) is 11.5 Å². The first-order chi connectivity index (χ1) is 12.2. The maximum Gasteiger partial charge on any atom is 0.219 e. The smallest absolute Gasteiger partial charge is 0.219 e. The monoisotopic (exact) mass is 343 g/mol. The van der Waals surface area contributed by atoms with Crippen LogP contribution < -0.4 is 0 Å². The Labute approximate surface area is 150 Å². The van der Waals surface area contributed by atoms with Gasteiger partial charge in [0.1, 0.15) is 0 Å². The van der Waals surface area contributed by atoms with Crippen LogP contribution in [0.25, 0.3) is 0 Å². The van der Waals surface area contributed by atoms with E-state index in [1.807, 2.05) is 0 Å². The Morgan fingerprint density at radius 1 is 1.04 bits per heavy atom. The minimum Gasteiger partial charge on any atom is -0.379 e. The number of hydrogen-bond acceptors (Lipinski definition) is 4. The van der Waals surface area contributed by atoms with Crippen molar-refractivity contribution in [1.29, 1.82) is 0 Å². The third-order valence-electron chi connectivity index (χ3n) is 6.12. The number of nitrogens with zero attached hydrogens (tertiary/aromatic N) is 3. The Morgan fingerprint density at radius 2 is 1.76 bits per heavy atom. The van der Waals surface area contributed by atoms with Crippen molar-refractivity contribution in [1.82, 2.24) is 14.7 Å². The molecule has 0 unspecified atom stereocenters. The summed E-state index contributed by atoms with van der Waals surface area (Å²) < 4.78 is 5.44. The van der Waals surface area contributed by atoms with Crippen molar-refractivity contribution in [3.05, 3.63) is 35.9 Å². The Morgan fingerprint density at radius 3 is 2.48 bits per heavy atom. The van der Waals surface area contributed by atoms with Crippen LogP contribution in [0, 0.1) is 11.8 Å². The lowest BCUT2D eigenvalue weighted by Crippen LogP contribution is -2.42. The zero-order valence-corrected chi connectivity index (χ0v) is 15.1. The van der Waals surface area contributed by atoms with Crippen LogP contribution in [0.4, 0.5) is 0 Å². The van der Waals surface area contributed by atoms with Gasteiger partial charge in [-0.25, -0.2) is 0 Å². The van der Waals surface area contributed by atoms with Gasteiger partial charge in [-0.3, -0.25) is 9.69 Å². The molecule has 0 saturated carbocycles. The highest BCUT2D eigenvalue weighted by Crippen LogP contribution is 2.44. The molecule has 1 aromatic rings. The molecule has 1 aromatic carbocycles. The number of ether oxygens (including phenoxy) is 1. The van der Waals surface area contributed by atoms with Gasteiger partial charge in [0, 0.05) is 58.7 Å². The molecule has 0 radical (unpaired) electrons. The Bertz CT molecular complexity index is 588. The van der Waals surface area contributed by atoms with Gasteiger partial charge in [-0.2, -0.15) is 0 Å². The predicted molar refractivity (Wildman–Crippen MR) is 97.2 cm³/mol. The molecule has 3 saturated heterocycles. The number of rotatable bonds is 4. The second-order valence-corrected chi connectivity index (χ2v) is 7.66. The molecule has 0 spiro atoms.